The van der Waals surface area contributed by atoms with Crippen molar-refractivity contribution in [3.05, 3.63) is 47.8 Å². The predicted octanol–water partition coefficient (Wildman–Crippen LogP) is 2.73. The molecule has 0 aliphatic heterocycles. The zero-order chi connectivity index (χ0) is 14.8. The van der Waals surface area contributed by atoms with Gasteiger partial charge in [0, 0.05) is 25.2 Å². The van der Waals surface area contributed by atoms with Crippen LogP contribution in [0, 0.1) is 0 Å². The van der Waals surface area contributed by atoms with Crippen LogP contribution in [0.25, 0.3) is 10.9 Å². The van der Waals surface area contributed by atoms with Crippen LogP contribution in [-0.2, 0) is 20.0 Å². The third-order valence-corrected chi connectivity index (χ3v) is 3.66. The monoisotopic (exact) mass is 281 g/mol. The van der Waals surface area contributed by atoms with E-state index in [1.54, 1.807) is 4.68 Å². The Kier molecular flexibility index (Phi) is 3.48. The summed E-state index contributed by atoms with van der Waals surface area (Å²) >= 11 is 0. The molecule has 0 radical (unpaired) electrons. The van der Waals surface area contributed by atoms with E-state index >= 15 is 0 Å². The molecule has 0 unspecified atom stereocenters. The molecule has 0 fully saturated rings. The van der Waals surface area contributed by atoms with Crippen LogP contribution in [0.5, 0.6) is 0 Å². The molecular formula is C16H19N5. The van der Waals surface area contributed by atoms with E-state index in [4.69, 9.17) is 5.73 Å². The highest BCUT2D eigenvalue weighted by Gasteiger charge is 2.12. The van der Waals surface area contributed by atoms with Crippen molar-refractivity contribution in [2.75, 3.05) is 11.1 Å². The summed E-state index contributed by atoms with van der Waals surface area (Å²) in [5.74, 6) is 0.861. The van der Waals surface area contributed by atoms with E-state index in [-0.39, 0.29) is 0 Å². The van der Waals surface area contributed by atoms with Crippen molar-refractivity contribution in [3.8, 4) is 0 Å². The van der Waals surface area contributed by atoms with Gasteiger partial charge in [0.15, 0.2) is 0 Å². The number of nitrogens with zero attached hydrogens (tertiary/aromatic N) is 3. The lowest BCUT2D eigenvalue weighted by atomic mass is 10.1. The van der Waals surface area contributed by atoms with Crippen LogP contribution in [-0.4, -0.2) is 14.8 Å². The van der Waals surface area contributed by atoms with Crippen molar-refractivity contribution in [2.45, 2.75) is 19.9 Å². The number of fused-ring (bicyclic) bond motifs is 1. The third-order valence-electron chi connectivity index (χ3n) is 3.66. The number of hydrogen-bond acceptors (Lipinski definition) is 4. The summed E-state index contributed by atoms with van der Waals surface area (Å²) in [6.45, 7) is 2.72. The lowest BCUT2D eigenvalue weighted by molar-refractivity contribution is 0.748. The van der Waals surface area contributed by atoms with Gasteiger partial charge in [-0.2, -0.15) is 5.10 Å². The van der Waals surface area contributed by atoms with Gasteiger partial charge in [0.2, 0.25) is 0 Å². The molecule has 0 atom stereocenters. The van der Waals surface area contributed by atoms with E-state index in [1.807, 2.05) is 25.4 Å². The fourth-order valence-electron chi connectivity index (χ4n) is 2.56. The number of aryl methyl sites for hydroxylation is 2. The van der Waals surface area contributed by atoms with E-state index in [9.17, 15) is 0 Å². The largest absolute Gasteiger partial charge is 0.394 e. The Balaban J connectivity index is 1.89. The number of nitrogens with one attached hydrogen (secondary N) is 1. The molecule has 5 heteroatoms. The summed E-state index contributed by atoms with van der Waals surface area (Å²) in [5.41, 5.74) is 9.95. The zero-order valence-electron chi connectivity index (χ0n) is 12.3. The highest BCUT2D eigenvalue weighted by atomic mass is 15.3. The molecule has 5 nitrogen and oxygen atoms in total. The molecule has 0 aliphatic rings. The molecule has 1 aromatic carbocycles. The van der Waals surface area contributed by atoms with Gasteiger partial charge in [-0.3, -0.25) is 9.67 Å². The van der Waals surface area contributed by atoms with Crippen molar-refractivity contribution >= 4 is 22.4 Å². The number of aromatic nitrogens is 3. The van der Waals surface area contributed by atoms with Crippen LogP contribution in [0.1, 0.15) is 18.2 Å². The minimum Gasteiger partial charge on any atom is -0.394 e. The fourth-order valence-corrected chi connectivity index (χ4v) is 2.56. The molecule has 0 aliphatic carbocycles. The maximum Gasteiger partial charge on any atom is 0.148 e. The van der Waals surface area contributed by atoms with E-state index < -0.39 is 0 Å². The van der Waals surface area contributed by atoms with Crippen LogP contribution in [0.4, 0.5) is 11.5 Å². The van der Waals surface area contributed by atoms with Gasteiger partial charge in [-0.1, -0.05) is 31.2 Å². The van der Waals surface area contributed by atoms with Gasteiger partial charge in [0.1, 0.15) is 5.82 Å². The van der Waals surface area contributed by atoms with Gasteiger partial charge in [-0.05, 0) is 18.1 Å². The van der Waals surface area contributed by atoms with E-state index in [0.29, 0.717) is 6.54 Å². The van der Waals surface area contributed by atoms with Crippen molar-refractivity contribution in [1.29, 1.82) is 0 Å². The molecular weight excluding hydrogens is 262 g/mol. The first-order valence-electron chi connectivity index (χ1n) is 7.08. The Hall–Kier alpha value is -2.56. The van der Waals surface area contributed by atoms with Gasteiger partial charge in [-0.15, -0.1) is 0 Å². The maximum atomic E-state index is 6.13. The minimum absolute atomic E-state index is 0.668. The molecule has 0 saturated carbocycles. The first-order valence-corrected chi connectivity index (χ1v) is 7.08. The normalized spacial score (nSPS) is 11.0. The number of pyridine rings is 1. The number of hydrogen-bond donors (Lipinski definition) is 2. The Bertz CT molecular complexity index is 770. The first-order chi connectivity index (χ1) is 10.2. The number of nitrogen functional groups attached to an aromatic ring is 1. The third kappa shape index (κ3) is 2.42. The second-order valence-corrected chi connectivity index (χ2v) is 5.03. The molecule has 0 amide bonds. The second kappa shape index (κ2) is 5.44. The predicted molar refractivity (Wildman–Crippen MR) is 86.1 cm³/mol. The number of nitrogens with two attached hydrogens (primary N) is 1. The Morgan fingerprint density at radius 1 is 1.24 bits per heavy atom. The van der Waals surface area contributed by atoms with Crippen LogP contribution < -0.4 is 11.1 Å². The molecule has 21 heavy (non-hydrogen) atoms. The smallest absolute Gasteiger partial charge is 0.148 e. The second-order valence-electron chi connectivity index (χ2n) is 5.03. The Morgan fingerprint density at radius 3 is 2.81 bits per heavy atom. The molecule has 0 spiro atoms. The van der Waals surface area contributed by atoms with Crippen LogP contribution in [0.15, 0.2) is 36.5 Å². The van der Waals surface area contributed by atoms with Crippen LogP contribution in [0.2, 0.25) is 0 Å². The molecule has 0 saturated heterocycles. The SMILES string of the molecule is CCc1nn(C)c(NCc2cccc3cccnc23)c1N. The summed E-state index contributed by atoms with van der Waals surface area (Å²) in [5, 5.41) is 8.94. The first kappa shape index (κ1) is 13.4. The highest BCUT2D eigenvalue weighted by molar-refractivity contribution is 5.81. The number of anilines is 2. The molecule has 3 aromatic rings. The lowest BCUT2D eigenvalue weighted by Crippen LogP contribution is -2.07. The quantitative estimate of drug-likeness (QED) is 0.771. The Labute approximate surface area is 123 Å². The zero-order valence-corrected chi connectivity index (χ0v) is 12.3. The Morgan fingerprint density at radius 2 is 2.05 bits per heavy atom. The van der Waals surface area contributed by atoms with Crippen LogP contribution >= 0.6 is 0 Å². The fraction of sp³-hybridized carbons (Fsp3) is 0.250. The highest BCUT2D eigenvalue weighted by Crippen LogP contribution is 2.24. The topological polar surface area (TPSA) is 68.8 Å². The summed E-state index contributed by atoms with van der Waals surface area (Å²) in [7, 11) is 1.90. The van der Waals surface area contributed by atoms with Crippen molar-refractivity contribution in [3.63, 3.8) is 0 Å². The van der Waals surface area contributed by atoms with Crippen LogP contribution in [0.3, 0.4) is 0 Å². The molecule has 2 aromatic heterocycles. The van der Waals surface area contributed by atoms with Gasteiger partial charge >= 0.3 is 0 Å². The molecule has 108 valence electrons. The number of benzene rings is 1. The van der Waals surface area contributed by atoms with Gasteiger partial charge in [0.25, 0.3) is 0 Å². The van der Waals surface area contributed by atoms with Crippen molar-refractivity contribution in [2.24, 2.45) is 7.05 Å². The number of para-hydroxylation sites is 1. The molecule has 0 bridgehead atoms. The summed E-state index contributed by atoms with van der Waals surface area (Å²) < 4.78 is 1.80. The summed E-state index contributed by atoms with van der Waals surface area (Å²) in [4.78, 5) is 4.47. The standard InChI is InChI=1S/C16H19N5/c1-3-13-14(17)16(21(2)20-13)19-10-12-7-4-6-11-8-5-9-18-15(11)12/h4-9,19H,3,10,17H2,1-2H3. The maximum absolute atomic E-state index is 6.13. The molecule has 2 heterocycles. The minimum atomic E-state index is 0.668. The van der Waals surface area contributed by atoms with Crippen molar-refractivity contribution < 1.29 is 0 Å². The summed E-state index contributed by atoms with van der Waals surface area (Å²) in [6, 6.07) is 10.2. The van der Waals surface area contributed by atoms with E-state index in [1.165, 1.54) is 0 Å². The van der Waals surface area contributed by atoms with Crippen molar-refractivity contribution in [1.82, 2.24) is 14.8 Å². The average molecular weight is 281 g/mol. The van der Waals surface area contributed by atoms with Gasteiger partial charge in [0.05, 0.1) is 16.9 Å². The molecule has 3 rings (SSSR count). The van der Waals surface area contributed by atoms with Gasteiger partial charge < -0.3 is 11.1 Å². The van der Waals surface area contributed by atoms with Gasteiger partial charge in [-0.25, -0.2) is 0 Å². The average Bonchev–Trinajstić information content (AvgIpc) is 2.79. The molecule has 3 N–H and O–H groups in total. The van der Waals surface area contributed by atoms with E-state index in [0.717, 1.165) is 40.1 Å². The van der Waals surface area contributed by atoms with E-state index in [2.05, 4.69) is 40.5 Å². The lowest BCUT2D eigenvalue weighted by Gasteiger charge is -2.09. The number of rotatable bonds is 4. The summed E-state index contributed by atoms with van der Waals surface area (Å²) in [6.07, 6.45) is 2.65.